The normalized spacial score (nSPS) is 14.3. The van der Waals surface area contributed by atoms with Crippen LogP contribution in [-0.4, -0.2) is 64.8 Å². The largest absolute Gasteiger partial charge is 0.492 e. The van der Waals surface area contributed by atoms with Gasteiger partial charge < -0.3 is 9.64 Å². The molecule has 0 radical (unpaired) electrons. The zero-order chi connectivity index (χ0) is 22.2. The first-order valence-corrected chi connectivity index (χ1v) is 11.0. The number of piperazine rings is 1. The summed E-state index contributed by atoms with van der Waals surface area (Å²) < 4.78 is 6.95. The quantitative estimate of drug-likeness (QED) is 0.547. The van der Waals surface area contributed by atoms with Crippen LogP contribution in [0, 0.1) is 0 Å². The summed E-state index contributed by atoms with van der Waals surface area (Å²) >= 11 is 0. The number of nitrogens with zero attached hydrogens (tertiary/aromatic N) is 4. The number of benzene rings is 2. The molecule has 7 heteroatoms. The van der Waals surface area contributed by atoms with Crippen molar-refractivity contribution in [3.8, 4) is 5.75 Å². The minimum absolute atomic E-state index is 0.134. The van der Waals surface area contributed by atoms with Gasteiger partial charge in [-0.15, -0.1) is 0 Å². The van der Waals surface area contributed by atoms with Crippen molar-refractivity contribution in [2.45, 2.75) is 13.0 Å². The van der Waals surface area contributed by atoms with Crippen molar-refractivity contribution < 1.29 is 9.53 Å². The van der Waals surface area contributed by atoms with Crippen LogP contribution >= 0.6 is 0 Å². The monoisotopic (exact) mass is 432 g/mol. The van der Waals surface area contributed by atoms with E-state index < -0.39 is 0 Å². The molecule has 0 atom stereocenters. The van der Waals surface area contributed by atoms with E-state index in [0.29, 0.717) is 25.4 Å². The van der Waals surface area contributed by atoms with Crippen LogP contribution in [-0.2, 0) is 13.0 Å². The Kier molecular flexibility index (Phi) is 7.30. The summed E-state index contributed by atoms with van der Waals surface area (Å²) in [6.07, 6.45) is 1.01. The van der Waals surface area contributed by atoms with Gasteiger partial charge in [0.25, 0.3) is 11.5 Å². The smallest absolute Gasteiger partial charge is 0.274 e. The number of hydrogen-bond donors (Lipinski definition) is 0. The first kappa shape index (κ1) is 21.8. The Hall–Kier alpha value is -3.45. The lowest BCUT2D eigenvalue weighted by atomic mass is 10.1. The van der Waals surface area contributed by atoms with E-state index in [1.165, 1.54) is 22.4 Å². The Bertz CT molecular complexity index is 1060. The molecule has 1 aliphatic rings. The molecule has 1 aliphatic heterocycles. The van der Waals surface area contributed by atoms with Gasteiger partial charge in [-0.3, -0.25) is 14.5 Å². The van der Waals surface area contributed by atoms with Crippen LogP contribution in [0.5, 0.6) is 5.75 Å². The fourth-order valence-corrected chi connectivity index (χ4v) is 3.76. The first-order chi connectivity index (χ1) is 15.7. The maximum atomic E-state index is 12.9. The van der Waals surface area contributed by atoms with Gasteiger partial charge in [-0.05, 0) is 30.2 Å². The van der Waals surface area contributed by atoms with Crippen molar-refractivity contribution in [2.24, 2.45) is 0 Å². The second-order valence-corrected chi connectivity index (χ2v) is 7.81. The highest BCUT2D eigenvalue weighted by Crippen LogP contribution is 2.09. The van der Waals surface area contributed by atoms with Crippen molar-refractivity contribution in [2.75, 3.05) is 39.3 Å². The Balaban J connectivity index is 1.28. The lowest BCUT2D eigenvalue weighted by Gasteiger charge is -2.34. The molecule has 1 fully saturated rings. The van der Waals surface area contributed by atoms with Gasteiger partial charge in [0, 0.05) is 38.8 Å². The van der Waals surface area contributed by atoms with Crippen LogP contribution in [0.25, 0.3) is 0 Å². The maximum absolute atomic E-state index is 12.9. The second-order valence-electron chi connectivity index (χ2n) is 7.81. The molecule has 7 nitrogen and oxygen atoms in total. The zero-order valence-electron chi connectivity index (χ0n) is 18.1. The van der Waals surface area contributed by atoms with E-state index >= 15 is 0 Å². The predicted molar refractivity (Wildman–Crippen MR) is 123 cm³/mol. The fraction of sp³-hybridized carbons (Fsp3) is 0.320. The molecule has 0 saturated carbocycles. The third-order valence-corrected chi connectivity index (χ3v) is 5.62. The van der Waals surface area contributed by atoms with E-state index in [0.717, 1.165) is 31.8 Å². The maximum Gasteiger partial charge on any atom is 0.274 e. The van der Waals surface area contributed by atoms with Gasteiger partial charge >= 0.3 is 0 Å². The molecule has 0 aliphatic carbocycles. The molecule has 1 amide bonds. The molecule has 0 spiro atoms. The van der Waals surface area contributed by atoms with Crippen LogP contribution in [0.3, 0.4) is 0 Å². The van der Waals surface area contributed by atoms with Gasteiger partial charge in [0.15, 0.2) is 0 Å². The highest BCUT2D eigenvalue weighted by atomic mass is 16.5. The summed E-state index contributed by atoms with van der Waals surface area (Å²) in [5, 5.41) is 4.29. The number of aromatic nitrogens is 2. The Morgan fingerprint density at radius 2 is 1.53 bits per heavy atom. The molecular weight excluding hydrogens is 404 g/mol. The van der Waals surface area contributed by atoms with Crippen molar-refractivity contribution in [3.05, 3.63) is 94.4 Å². The van der Waals surface area contributed by atoms with Crippen molar-refractivity contribution >= 4 is 5.91 Å². The molecule has 3 aromatic rings. The molecule has 2 aromatic carbocycles. The number of para-hydroxylation sites is 1. The number of ether oxygens (including phenoxy) is 1. The van der Waals surface area contributed by atoms with Crippen molar-refractivity contribution in [1.29, 1.82) is 0 Å². The number of carbonyl (C=O) groups excluding carboxylic acids is 1. The van der Waals surface area contributed by atoms with Crippen LogP contribution in [0.2, 0.25) is 0 Å². The molecule has 4 rings (SSSR count). The van der Waals surface area contributed by atoms with Crippen LogP contribution in [0.4, 0.5) is 0 Å². The highest BCUT2D eigenvalue weighted by Gasteiger charge is 2.23. The second kappa shape index (κ2) is 10.7. The fourth-order valence-electron chi connectivity index (χ4n) is 3.76. The summed E-state index contributed by atoms with van der Waals surface area (Å²) in [7, 11) is 0. The Morgan fingerprint density at radius 3 is 2.25 bits per heavy atom. The van der Waals surface area contributed by atoms with Gasteiger partial charge in [0.1, 0.15) is 18.1 Å². The lowest BCUT2D eigenvalue weighted by molar-refractivity contribution is 0.0629. The third kappa shape index (κ3) is 5.82. The Labute approximate surface area is 187 Å². The minimum Gasteiger partial charge on any atom is -0.492 e. The van der Waals surface area contributed by atoms with E-state index in [9.17, 15) is 9.59 Å². The molecule has 0 bridgehead atoms. The van der Waals surface area contributed by atoms with E-state index in [-0.39, 0.29) is 18.0 Å². The molecular formula is C25H28N4O3. The average molecular weight is 433 g/mol. The predicted octanol–water partition coefficient (Wildman–Crippen LogP) is 2.32. The van der Waals surface area contributed by atoms with Gasteiger partial charge in [-0.25, -0.2) is 4.68 Å². The van der Waals surface area contributed by atoms with E-state index in [1.54, 1.807) is 0 Å². The third-order valence-electron chi connectivity index (χ3n) is 5.62. The topological polar surface area (TPSA) is 67.7 Å². The molecule has 2 heterocycles. The lowest BCUT2D eigenvalue weighted by Crippen LogP contribution is -2.49. The van der Waals surface area contributed by atoms with Crippen LogP contribution in [0.15, 0.2) is 77.6 Å². The standard InChI is InChI=1S/C25H28N4O3/c30-24-12-11-23(26-29(24)19-20-32-22-9-5-2-6-10-22)25(31)28-17-15-27(16-18-28)14-13-21-7-3-1-4-8-21/h1-12H,13-20H2. The molecule has 0 unspecified atom stereocenters. The summed E-state index contributed by atoms with van der Waals surface area (Å²) in [5.41, 5.74) is 1.37. The SMILES string of the molecule is O=C(c1ccc(=O)n(CCOc2ccccc2)n1)N1CCN(CCc2ccccc2)CC1. The highest BCUT2D eigenvalue weighted by molar-refractivity contribution is 5.92. The van der Waals surface area contributed by atoms with Crippen molar-refractivity contribution in [3.63, 3.8) is 0 Å². The number of hydrogen-bond acceptors (Lipinski definition) is 5. The van der Waals surface area contributed by atoms with E-state index in [4.69, 9.17) is 4.74 Å². The van der Waals surface area contributed by atoms with Gasteiger partial charge in [-0.1, -0.05) is 48.5 Å². The summed E-state index contributed by atoms with van der Waals surface area (Å²) in [5.74, 6) is 0.600. The molecule has 32 heavy (non-hydrogen) atoms. The van der Waals surface area contributed by atoms with Gasteiger partial charge in [0.05, 0.1) is 6.54 Å². The first-order valence-electron chi connectivity index (χ1n) is 11.0. The minimum atomic E-state index is -0.246. The van der Waals surface area contributed by atoms with Crippen LogP contribution in [0.1, 0.15) is 16.1 Å². The number of rotatable bonds is 8. The summed E-state index contributed by atoms with van der Waals surface area (Å²) in [6.45, 7) is 4.55. The van der Waals surface area contributed by atoms with Gasteiger partial charge in [0.2, 0.25) is 0 Å². The van der Waals surface area contributed by atoms with E-state index in [1.807, 2.05) is 41.3 Å². The summed E-state index contributed by atoms with van der Waals surface area (Å²) in [6, 6.07) is 22.8. The number of amides is 1. The summed E-state index contributed by atoms with van der Waals surface area (Å²) in [4.78, 5) is 29.3. The Morgan fingerprint density at radius 1 is 0.844 bits per heavy atom. The molecule has 1 aromatic heterocycles. The molecule has 1 saturated heterocycles. The molecule has 0 N–H and O–H groups in total. The average Bonchev–Trinajstić information content (AvgIpc) is 2.85. The van der Waals surface area contributed by atoms with Crippen molar-refractivity contribution in [1.82, 2.24) is 19.6 Å². The van der Waals surface area contributed by atoms with Crippen LogP contribution < -0.4 is 10.3 Å². The van der Waals surface area contributed by atoms with Gasteiger partial charge in [-0.2, -0.15) is 5.10 Å². The van der Waals surface area contributed by atoms with E-state index in [2.05, 4.69) is 34.3 Å². The number of carbonyl (C=O) groups is 1. The zero-order valence-corrected chi connectivity index (χ0v) is 18.1. The molecule has 166 valence electrons.